The number of anilines is 1. The van der Waals surface area contributed by atoms with Gasteiger partial charge in [0.1, 0.15) is 0 Å². The van der Waals surface area contributed by atoms with E-state index >= 15 is 0 Å². The Labute approximate surface area is 125 Å². The minimum atomic E-state index is 0.0156. The maximum atomic E-state index is 12.7. The van der Waals surface area contributed by atoms with Crippen molar-refractivity contribution in [2.45, 2.75) is 38.7 Å². The molecule has 112 valence electrons. The van der Waals surface area contributed by atoms with Crippen molar-refractivity contribution in [3.63, 3.8) is 0 Å². The van der Waals surface area contributed by atoms with Gasteiger partial charge >= 0.3 is 0 Å². The second kappa shape index (κ2) is 5.13. The number of amides is 1. The van der Waals surface area contributed by atoms with Crippen LogP contribution in [0.4, 0.5) is 5.69 Å². The highest BCUT2D eigenvalue weighted by atomic mass is 16.3. The fraction of sp³-hybridized carbons (Fsp3) is 0.611. The molecule has 3 nitrogen and oxygen atoms in total. The third kappa shape index (κ3) is 2.38. The van der Waals surface area contributed by atoms with Crippen LogP contribution in [0.3, 0.4) is 0 Å². The molecule has 5 rings (SSSR count). The summed E-state index contributed by atoms with van der Waals surface area (Å²) in [4.78, 5) is 12.7. The van der Waals surface area contributed by atoms with Gasteiger partial charge in [-0.1, -0.05) is 12.1 Å². The van der Waals surface area contributed by atoms with E-state index in [-0.39, 0.29) is 18.4 Å². The van der Waals surface area contributed by atoms with Crippen LogP contribution in [0.2, 0.25) is 0 Å². The third-order valence-electron chi connectivity index (χ3n) is 5.91. The van der Waals surface area contributed by atoms with Crippen LogP contribution in [0.25, 0.3) is 0 Å². The number of hydrogen-bond donors (Lipinski definition) is 2. The van der Waals surface area contributed by atoms with E-state index in [1.54, 1.807) is 0 Å². The van der Waals surface area contributed by atoms with Crippen molar-refractivity contribution in [3.05, 3.63) is 29.8 Å². The van der Waals surface area contributed by atoms with E-state index in [0.29, 0.717) is 11.8 Å². The fourth-order valence-corrected chi connectivity index (χ4v) is 5.33. The molecule has 4 aliphatic carbocycles. The Morgan fingerprint density at radius 1 is 1.10 bits per heavy atom. The molecule has 1 aromatic rings. The highest BCUT2D eigenvalue weighted by molar-refractivity contribution is 5.93. The summed E-state index contributed by atoms with van der Waals surface area (Å²) in [6.45, 7) is 0.0156. The zero-order valence-corrected chi connectivity index (χ0v) is 12.3. The first-order valence-electron chi connectivity index (χ1n) is 8.23. The molecule has 0 unspecified atom stereocenters. The maximum Gasteiger partial charge on any atom is 0.228 e. The van der Waals surface area contributed by atoms with Gasteiger partial charge < -0.3 is 10.4 Å². The minimum absolute atomic E-state index is 0.0156. The van der Waals surface area contributed by atoms with Crippen molar-refractivity contribution in [3.8, 4) is 0 Å². The van der Waals surface area contributed by atoms with E-state index in [0.717, 1.165) is 23.1 Å². The van der Waals surface area contributed by atoms with Gasteiger partial charge in [-0.2, -0.15) is 0 Å². The molecule has 4 fully saturated rings. The Kier molecular flexibility index (Phi) is 3.26. The third-order valence-corrected chi connectivity index (χ3v) is 5.91. The molecule has 1 aromatic carbocycles. The van der Waals surface area contributed by atoms with E-state index in [2.05, 4.69) is 5.32 Å². The second-order valence-electron chi connectivity index (χ2n) is 7.30. The molecule has 21 heavy (non-hydrogen) atoms. The predicted molar refractivity (Wildman–Crippen MR) is 81.5 cm³/mol. The summed E-state index contributed by atoms with van der Waals surface area (Å²) >= 11 is 0. The van der Waals surface area contributed by atoms with Crippen LogP contribution in [0.15, 0.2) is 24.3 Å². The molecule has 4 bridgehead atoms. The second-order valence-corrected chi connectivity index (χ2v) is 7.30. The van der Waals surface area contributed by atoms with Crippen LogP contribution < -0.4 is 5.32 Å². The number of rotatable bonds is 3. The smallest absolute Gasteiger partial charge is 0.228 e. The van der Waals surface area contributed by atoms with Crippen molar-refractivity contribution < 1.29 is 9.90 Å². The molecule has 0 aromatic heterocycles. The van der Waals surface area contributed by atoms with Crippen LogP contribution >= 0.6 is 0 Å². The van der Waals surface area contributed by atoms with Crippen LogP contribution in [0.1, 0.15) is 37.7 Å². The number of aliphatic hydroxyl groups excluding tert-OH is 1. The first kappa shape index (κ1) is 13.3. The van der Waals surface area contributed by atoms with Crippen LogP contribution in [0, 0.1) is 29.6 Å². The standard InChI is InChI=1S/C18H23NO2/c20-10-11-2-1-3-16(9-11)19-18(21)17-14-5-12-4-13(7-14)8-15(17)6-12/h1-3,9,12-15,17,20H,4-8,10H2,(H,19,21). The lowest BCUT2D eigenvalue weighted by Crippen LogP contribution is -2.49. The molecule has 0 radical (unpaired) electrons. The SMILES string of the molecule is O=C(Nc1cccc(CO)c1)C1C2CC3CC(C2)CC1C3. The lowest BCUT2D eigenvalue weighted by atomic mass is 9.51. The molecular weight excluding hydrogens is 262 g/mol. The molecule has 0 atom stereocenters. The first-order chi connectivity index (χ1) is 10.2. The normalized spacial score (nSPS) is 36.7. The molecular formula is C18H23NO2. The zero-order chi connectivity index (χ0) is 14.4. The average Bonchev–Trinajstić information content (AvgIpc) is 2.46. The minimum Gasteiger partial charge on any atom is -0.392 e. The van der Waals surface area contributed by atoms with Gasteiger partial charge in [0.25, 0.3) is 0 Å². The zero-order valence-electron chi connectivity index (χ0n) is 12.3. The van der Waals surface area contributed by atoms with Crippen LogP contribution in [-0.4, -0.2) is 11.0 Å². The van der Waals surface area contributed by atoms with Gasteiger partial charge in [0, 0.05) is 11.6 Å². The van der Waals surface area contributed by atoms with Gasteiger partial charge in [-0.05, 0) is 73.5 Å². The summed E-state index contributed by atoms with van der Waals surface area (Å²) in [5.74, 6) is 3.45. The maximum absolute atomic E-state index is 12.7. The summed E-state index contributed by atoms with van der Waals surface area (Å²) in [5, 5.41) is 12.3. The van der Waals surface area contributed by atoms with Gasteiger partial charge in [-0.15, -0.1) is 0 Å². The van der Waals surface area contributed by atoms with E-state index in [1.807, 2.05) is 24.3 Å². The summed E-state index contributed by atoms with van der Waals surface area (Å²) in [6.07, 6.45) is 6.48. The molecule has 0 spiro atoms. The Bertz CT molecular complexity index is 526. The molecule has 4 aliphatic rings. The number of nitrogens with one attached hydrogen (secondary N) is 1. The van der Waals surface area contributed by atoms with Gasteiger partial charge in [0.05, 0.1) is 6.61 Å². The molecule has 4 saturated carbocycles. The Hall–Kier alpha value is -1.35. The van der Waals surface area contributed by atoms with E-state index in [4.69, 9.17) is 0 Å². The molecule has 0 saturated heterocycles. The van der Waals surface area contributed by atoms with Crippen LogP contribution in [0.5, 0.6) is 0 Å². The van der Waals surface area contributed by atoms with Gasteiger partial charge in [-0.3, -0.25) is 4.79 Å². The predicted octanol–water partition coefficient (Wildman–Crippen LogP) is 3.19. The Morgan fingerprint density at radius 2 is 1.76 bits per heavy atom. The highest BCUT2D eigenvalue weighted by Crippen LogP contribution is 2.56. The van der Waals surface area contributed by atoms with E-state index in [1.165, 1.54) is 32.1 Å². The summed E-state index contributed by atoms with van der Waals surface area (Å²) in [5.41, 5.74) is 1.67. The number of carbonyl (C=O) groups excluding carboxylic acids is 1. The molecule has 3 heteroatoms. The van der Waals surface area contributed by atoms with Crippen molar-refractivity contribution in [1.82, 2.24) is 0 Å². The lowest BCUT2D eigenvalue weighted by Gasteiger charge is -2.53. The topological polar surface area (TPSA) is 49.3 Å². The van der Waals surface area contributed by atoms with Gasteiger partial charge in [0.15, 0.2) is 0 Å². The highest BCUT2D eigenvalue weighted by Gasteiger charge is 2.50. The summed E-state index contributed by atoms with van der Waals surface area (Å²) in [6, 6.07) is 7.54. The van der Waals surface area contributed by atoms with E-state index < -0.39 is 0 Å². The lowest BCUT2D eigenvalue weighted by molar-refractivity contribution is -0.132. The Balaban J connectivity index is 1.50. The van der Waals surface area contributed by atoms with Gasteiger partial charge in [0.2, 0.25) is 5.91 Å². The number of hydrogen-bond acceptors (Lipinski definition) is 2. The van der Waals surface area contributed by atoms with E-state index in [9.17, 15) is 9.90 Å². The first-order valence-corrected chi connectivity index (χ1v) is 8.23. The Morgan fingerprint density at radius 3 is 2.38 bits per heavy atom. The van der Waals surface area contributed by atoms with Crippen molar-refractivity contribution in [2.24, 2.45) is 29.6 Å². The number of aliphatic hydroxyl groups is 1. The average molecular weight is 285 g/mol. The van der Waals surface area contributed by atoms with Crippen molar-refractivity contribution in [1.29, 1.82) is 0 Å². The molecule has 1 amide bonds. The summed E-state index contributed by atoms with van der Waals surface area (Å²) < 4.78 is 0. The van der Waals surface area contributed by atoms with Crippen LogP contribution in [-0.2, 0) is 11.4 Å². The molecule has 2 N–H and O–H groups in total. The number of benzene rings is 1. The van der Waals surface area contributed by atoms with Crippen molar-refractivity contribution >= 4 is 11.6 Å². The van der Waals surface area contributed by atoms with Crippen molar-refractivity contribution in [2.75, 3.05) is 5.32 Å². The fourth-order valence-electron chi connectivity index (χ4n) is 5.33. The molecule has 0 heterocycles. The quantitative estimate of drug-likeness (QED) is 0.896. The summed E-state index contributed by atoms with van der Waals surface area (Å²) in [7, 11) is 0. The largest absolute Gasteiger partial charge is 0.392 e. The van der Waals surface area contributed by atoms with Gasteiger partial charge in [-0.25, -0.2) is 0 Å². The number of carbonyl (C=O) groups is 1. The monoisotopic (exact) mass is 285 g/mol. The molecule has 0 aliphatic heterocycles.